The van der Waals surface area contributed by atoms with Crippen LogP contribution in [0.15, 0.2) is 60.9 Å². The smallest absolute Gasteiger partial charge is 0.256 e. The van der Waals surface area contributed by atoms with E-state index in [0.717, 1.165) is 12.8 Å². The highest BCUT2D eigenvalue weighted by Gasteiger charge is 2.32. The van der Waals surface area contributed by atoms with Crippen LogP contribution in [0.25, 0.3) is 5.69 Å². The lowest BCUT2D eigenvalue weighted by Gasteiger charge is -2.38. The quantitative estimate of drug-likeness (QED) is 0.567. The van der Waals surface area contributed by atoms with Gasteiger partial charge in [0.1, 0.15) is 11.9 Å². The van der Waals surface area contributed by atoms with Crippen LogP contribution in [-0.4, -0.2) is 50.3 Å². The summed E-state index contributed by atoms with van der Waals surface area (Å²) < 4.78 is 6.18. The summed E-state index contributed by atoms with van der Waals surface area (Å²) in [7, 11) is 0. The second kappa shape index (κ2) is 9.12. The molecule has 1 aromatic heterocycles. The fourth-order valence-electron chi connectivity index (χ4n) is 3.92. The topological polar surface area (TPSA) is 77.3 Å². The molecule has 0 saturated carbocycles. The van der Waals surface area contributed by atoms with E-state index in [1.807, 2.05) is 42.2 Å². The van der Waals surface area contributed by atoms with Crippen molar-refractivity contribution in [3.63, 3.8) is 0 Å². The predicted octanol–water partition coefficient (Wildman–Crippen LogP) is 3.93. The molecule has 160 valence electrons. The van der Waals surface area contributed by atoms with Gasteiger partial charge in [0.05, 0.1) is 30.2 Å². The Kier molecular flexibility index (Phi) is 6.11. The molecule has 1 aliphatic heterocycles. The van der Waals surface area contributed by atoms with Crippen LogP contribution < -0.4 is 4.74 Å². The zero-order chi connectivity index (χ0) is 21.8. The van der Waals surface area contributed by atoms with Crippen molar-refractivity contribution < 1.29 is 14.3 Å². The van der Waals surface area contributed by atoms with Crippen molar-refractivity contribution in [3.05, 3.63) is 72.1 Å². The third-order valence-corrected chi connectivity index (χ3v) is 5.65. The molecule has 2 atom stereocenters. The molecule has 2 heterocycles. The van der Waals surface area contributed by atoms with E-state index in [-0.39, 0.29) is 23.8 Å². The van der Waals surface area contributed by atoms with Crippen molar-refractivity contribution in [1.29, 1.82) is 0 Å². The van der Waals surface area contributed by atoms with Crippen molar-refractivity contribution in [3.8, 4) is 11.4 Å². The highest BCUT2D eigenvalue weighted by atomic mass is 16.5. The van der Waals surface area contributed by atoms with Gasteiger partial charge in [-0.1, -0.05) is 31.2 Å². The van der Waals surface area contributed by atoms with Crippen LogP contribution in [0.2, 0.25) is 0 Å². The zero-order valence-corrected chi connectivity index (χ0v) is 17.8. The van der Waals surface area contributed by atoms with Crippen molar-refractivity contribution in [2.24, 2.45) is 0 Å². The number of hydrogen-bond acceptors (Lipinski definition) is 5. The normalized spacial score (nSPS) is 18.6. The number of likely N-dealkylation sites (tertiary alicyclic amines) is 1. The van der Waals surface area contributed by atoms with Gasteiger partial charge in [0, 0.05) is 18.0 Å². The van der Waals surface area contributed by atoms with Gasteiger partial charge >= 0.3 is 0 Å². The number of benzene rings is 2. The number of hydrogen-bond donors (Lipinski definition) is 0. The Labute approximate surface area is 181 Å². The Morgan fingerprint density at radius 1 is 1.06 bits per heavy atom. The van der Waals surface area contributed by atoms with Crippen LogP contribution in [0.4, 0.5) is 0 Å². The first-order valence-electron chi connectivity index (χ1n) is 10.6. The molecule has 3 aromatic rings. The fourth-order valence-corrected chi connectivity index (χ4v) is 3.92. The summed E-state index contributed by atoms with van der Waals surface area (Å²) in [6, 6.07) is 14.7. The first kappa shape index (κ1) is 20.8. The van der Waals surface area contributed by atoms with E-state index in [2.05, 4.69) is 17.1 Å². The standard InChI is InChI=1S/C24H26N4O3/c1-3-23(29)18-7-6-8-19(15-18)31-20-12-11-17(2)27(16-20)24(30)21-9-4-5-10-22(21)28-25-13-14-26-28/h4-10,13-15,17,20H,3,11-12,16H2,1-2H3. The summed E-state index contributed by atoms with van der Waals surface area (Å²) in [4.78, 5) is 28.8. The van der Waals surface area contributed by atoms with E-state index < -0.39 is 0 Å². The minimum Gasteiger partial charge on any atom is -0.489 e. The average Bonchev–Trinajstić information content (AvgIpc) is 3.34. The molecule has 1 fully saturated rings. The van der Waals surface area contributed by atoms with Gasteiger partial charge in [-0.3, -0.25) is 9.59 Å². The molecule has 7 heteroatoms. The van der Waals surface area contributed by atoms with Crippen LogP contribution in [0.5, 0.6) is 5.75 Å². The van der Waals surface area contributed by atoms with Gasteiger partial charge in [0.15, 0.2) is 5.78 Å². The van der Waals surface area contributed by atoms with Crippen molar-refractivity contribution in [2.75, 3.05) is 6.54 Å². The first-order chi connectivity index (χ1) is 15.1. The number of nitrogens with zero attached hydrogens (tertiary/aromatic N) is 4. The SMILES string of the molecule is CCC(=O)c1cccc(OC2CCC(C)N(C(=O)c3ccccc3-n3nccn3)C2)c1. The van der Waals surface area contributed by atoms with Crippen molar-refractivity contribution in [1.82, 2.24) is 19.9 Å². The van der Waals surface area contributed by atoms with Gasteiger partial charge in [-0.25, -0.2) is 0 Å². The van der Waals surface area contributed by atoms with E-state index in [4.69, 9.17) is 4.74 Å². The van der Waals surface area contributed by atoms with Gasteiger partial charge < -0.3 is 9.64 Å². The Morgan fingerprint density at radius 2 is 1.84 bits per heavy atom. The maximum atomic E-state index is 13.5. The molecule has 31 heavy (non-hydrogen) atoms. The Bertz CT molecular complexity index is 1060. The van der Waals surface area contributed by atoms with Crippen LogP contribution in [0.3, 0.4) is 0 Å². The van der Waals surface area contributed by atoms with E-state index >= 15 is 0 Å². The highest BCUT2D eigenvalue weighted by Crippen LogP contribution is 2.26. The molecular weight excluding hydrogens is 392 g/mol. The number of rotatable bonds is 6. The highest BCUT2D eigenvalue weighted by molar-refractivity contribution is 5.98. The molecule has 0 aliphatic carbocycles. The Hall–Kier alpha value is -3.48. The number of amides is 1. The fraction of sp³-hybridized carbons (Fsp3) is 0.333. The first-order valence-corrected chi connectivity index (χ1v) is 10.6. The number of carbonyl (C=O) groups excluding carboxylic acids is 2. The second-order valence-electron chi connectivity index (χ2n) is 7.76. The van der Waals surface area contributed by atoms with Crippen LogP contribution >= 0.6 is 0 Å². The summed E-state index contributed by atoms with van der Waals surface area (Å²) in [6.07, 6.45) is 5.18. The van der Waals surface area contributed by atoms with Gasteiger partial charge in [-0.2, -0.15) is 15.0 Å². The maximum absolute atomic E-state index is 13.5. The summed E-state index contributed by atoms with van der Waals surface area (Å²) in [5.74, 6) is 0.680. The lowest BCUT2D eigenvalue weighted by molar-refractivity contribution is 0.0384. The average molecular weight is 418 g/mol. The third kappa shape index (κ3) is 4.50. The lowest BCUT2D eigenvalue weighted by Crippen LogP contribution is -2.49. The number of piperidine rings is 1. The van der Waals surface area contributed by atoms with Gasteiger partial charge in [-0.05, 0) is 44.0 Å². The molecule has 1 amide bonds. The summed E-state index contributed by atoms with van der Waals surface area (Å²) >= 11 is 0. The minimum atomic E-state index is -0.137. The molecular formula is C24H26N4O3. The van der Waals surface area contributed by atoms with Crippen molar-refractivity contribution in [2.45, 2.75) is 45.3 Å². The van der Waals surface area contributed by atoms with Gasteiger partial charge in [0.2, 0.25) is 0 Å². The largest absolute Gasteiger partial charge is 0.489 e. The number of para-hydroxylation sites is 1. The molecule has 7 nitrogen and oxygen atoms in total. The number of Topliss-reactive ketones (excluding diaryl/α,β-unsaturated/α-hetero) is 1. The number of ketones is 1. The van der Waals surface area contributed by atoms with Gasteiger partial charge in [-0.15, -0.1) is 0 Å². The van der Waals surface area contributed by atoms with Crippen LogP contribution in [-0.2, 0) is 0 Å². The molecule has 0 radical (unpaired) electrons. The molecule has 2 unspecified atom stereocenters. The maximum Gasteiger partial charge on any atom is 0.256 e. The molecule has 1 saturated heterocycles. The van der Waals surface area contributed by atoms with Crippen molar-refractivity contribution >= 4 is 11.7 Å². The third-order valence-electron chi connectivity index (χ3n) is 5.65. The van der Waals surface area contributed by atoms with E-state index in [9.17, 15) is 9.59 Å². The molecule has 0 spiro atoms. The summed E-state index contributed by atoms with van der Waals surface area (Å²) in [5, 5.41) is 8.35. The summed E-state index contributed by atoms with van der Waals surface area (Å²) in [5.41, 5.74) is 1.86. The molecule has 2 aromatic carbocycles. The monoisotopic (exact) mass is 418 g/mol. The van der Waals surface area contributed by atoms with Crippen LogP contribution in [0.1, 0.15) is 53.8 Å². The molecule has 1 aliphatic rings. The number of aromatic nitrogens is 3. The molecule has 0 N–H and O–H groups in total. The molecule has 0 bridgehead atoms. The van der Waals surface area contributed by atoms with E-state index in [1.165, 1.54) is 4.80 Å². The second-order valence-corrected chi connectivity index (χ2v) is 7.76. The Balaban J connectivity index is 1.53. The lowest BCUT2D eigenvalue weighted by atomic mass is 9.99. The zero-order valence-electron chi connectivity index (χ0n) is 17.8. The Morgan fingerprint density at radius 3 is 2.61 bits per heavy atom. The predicted molar refractivity (Wildman–Crippen MR) is 117 cm³/mol. The number of ether oxygens (including phenoxy) is 1. The summed E-state index contributed by atoms with van der Waals surface area (Å²) in [6.45, 7) is 4.38. The van der Waals surface area contributed by atoms with Gasteiger partial charge in [0.25, 0.3) is 5.91 Å². The van der Waals surface area contributed by atoms with E-state index in [1.54, 1.807) is 30.6 Å². The molecule has 4 rings (SSSR count). The van der Waals surface area contributed by atoms with Crippen LogP contribution in [0, 0.1) is 0 Å². The minimum absolute atomic E-state index is 0.0661. The van der Waals surface area contributed by atoms with E-state index in [0.29, 0.717) is 35.5 Å². The number of carbonyl (C=O) groups is 2.